The maximum atomic E-state index is 5.52. The average Bonchev–Trinajstić information content (AvgIpc) is 2.36. The highest BCUT2D eigenvalue weighted by molar-refractivity contribution is 7.98. The molecule has 1 rings (SSSR count). The van der Waals surface area contributed by atoms with Crippen molar-refractivity contribution in [2.45, 2.75) is 57.5 Å². The van der Waals surface area contributed by atoms with Crippen LogP contribution < -0.4 is 5.32 Å². The third-order valence-electron chi connectivity index (χ3n) is 3.63. The van der Waals surface area contributed by atoms with Crippen LogP contribution in [0.1, 0.15) is 45.4 Å². The van der Waals surface area contributed by atoms with Gasteiger partial charge in [0.2, 0.25) is 0 Å². The molecule has 0 aromatic rings. The molecular formula is C13H26N2S2. The predicted octanol–water partition coefficient (Wildman–Crippen LogP) is 3.27. The van der Waals surface area contributed by atoms with Gasteiger partial charge in [-0.25, -0.2) is 0 Å². The molecule has 1 fully saturated rings. The van der Waals surface area contributed by atoms with Gasteiger partial charge in [0.1, 0.15) is 0 Å². The van der Waals surface area contributed by atoms with Gasteiger partial charge in [-0.1, -0.05) is 26.2 Å². The molecule has 1 unspecified atom stereocenters. The van der Waals surface area contributed by atoms with Crippen molar-refractivity contribution in [3.05, 3.63) is 0 Å². The Morgan fingerprint density at radius 1 is 1.41 bits per heavy atom. The van der Waals surface area contributed by atoms with E-state index in [4.69, 9.17) is 12.2 Å². The summed E-state index contributed by atoms with van der Waals surface area (Å²) in [5.41, 5.74) is 0. The first-order valence-corrected chi connectivity index (χ1v) is 8.51. The molecule has 0 saturated heterocycles. The molecule has 0 aliphatic heterocycles. The molecule has 4 heteroatoms. The van der Waals surface area contributed by atoms with E-state index in [0.717, 1.165) is 17.3 Å². The van der Waals surface area contributed by atoms with E-state index in [-0.39, 0.29) is 0 Å². The van der Waals surface area contributed by atoms with E-state index >= 15 is 0 Å². The van der Waals surface area contributed by atoms with Gasteiger partial charge in [0.05, 0.1) is 0 Å². The molecule has 0 radical (unpaired) electrons. The van der Waals surface area contributed by atoms with E-state index in [9.17, 15) is 0 Å². The number of thiocarbonyl (C=S) groups is 1. The fraction of sp³-hybridized carbons (Fsp3) is 0.923. The summed E-state index contributed by atoms with van der Waals surface area (Å²) in [6.07, 6.45) is 9.99. The zero-order valence-corrected chi connectivity index (χ0v) is 13.0. The van der Waals surface area contributed by atoms with Gasteiger partial charge in [-0.15, -0.1) is 0 Å². The smallest absolute Gasteiger partial charge is 0.169 e. The fourth-order valence-electron chi connectivity index (χ4n) is 2.39. The molecule has 0 heterocycles. The second-order valence-electron chi connectivity index (χ2n) is 4.91. The highest BCUT2D eigenvalue weighted by atomic mass is 32.2. The van der Waals surface area contributed by atoms with Gasteiger partial charge in [0.15, 0.2) is 5.11 Å². The lowest BCUT2D eigenvalue weighted by Gasteiger charge is -2.33. The molecule has 1 saturated carbocycles. The van der Waals surface area contributed by atoms with Crippen LogP contribution in [-0.2, 0) is 0 Å². The minimum Gasteiger partial charge on any atom is -0.360 e. The maximum Gasteiger partial charge on any atom is 0.169 e. The molecule has 2 nitrogen and oxygen atoms in total. The lowest BCUT2D eigenvalue weighted by molar-refractivity contribution is 0.355. The molecule has 0 aromatic heterocycles. The molecule has 0 amide bonds. The number of hydrogen-bond acceptors (Lipinski definition) is 2. The topological polar surface area (TPSA) is 15.3 Å². The van der Waals surface area contributed by atoms with Crippen molar-refractivity contribution in [1.82, 2.24) is 10.2 Å². The van der Waals surface area contributed by atoms with Crippen LogP contribution in [0.5, 0.6) is 0 Å². The summed E-state index contributed by atoms with van der Waals surface area (Å²) in [6.45, 7) is 2.24. The van der Waals surface area contributed by atoms with Crippen LogP contribution in [-0.4, -0.2) is 41.2 Å². The first kappa shape index (κ1) is 15.1. The van der Waals surface area contributed by atoms with Crippen molar-refractivity contribution in [2.75, 3.05) is 19.1 Å². The highest BCUT2D eigenvalue weighted by Crippen LogP contribution is 2.18. The van der Waals surface area contributed by atoms with Crippen molar-refractivity contribution < 1.29 is 0 Å². The molecule has 0 aromatic carbocycles. The summed E-state index contributed by atoms with van der Waals surface area (Å²) in [5, 5.41) is 4.48. The molecule has 100 valence electrons. The summed E-state index contributed by atoms with van der Waals surface area (Å²) in [5.74, 6) is 1.15. The van der Waals surface area contributed by atoms with Crippen LogP contribution >= 0.6 is 24.0 Å². The summed E-state index contributed by atoms with van der Waals surface area (Å²) in [4.78, 5) is 2.25. The standard InChI is InChI=1S/C13H26N2S2/c1-4-12(10-17-3)15(2)13(16)14-11-8-6-5-7-9-11/h11-12H,4-10H2,1-3H3,(H,14,16). The number of thioether (sulfide) groups is 1. The summed E-state index contributed by atoms with van der Waals surface area (Å²) in [7, 11) is 2.13. The Morgan fingerprint density at radius 3 is 2.59 bits per heavy atom. The van der Waals surface area contributed by atoms with E-state index < -0.39 is 0 Å². The molecule has 1 aliphatic rings. The van der Waals surface area contributed by atoms with Crippen LogP contribution in [0.15, 0.2) is 0 Å². The number of hydrogen-bond donors (Lipinski definition) is 1. The molecule has 0 bridgehead atoms. The van der Waals surface area contributed by atoms with Crippen molar-refractivity contribution in [1.29, 1.82) is 0 Å². The summed E-state index contributed by atoms with van der Waals surface area (Å²) in [6, 6.07) is 1.18. The average molecular weight is 274 g/mol. The van der Waals surface area contributed by atoms with Gasteiger partial charge in [0.25, 0.3) is 0 Å². The Kier molecular flexibility index (Phi) is 7.28. The Bertz CT molecular complexity index is 227. The Labute approximate surface area is 116 Å². The van der Waals surface area contributed by atoms with Crippen LogP contribution in [0.4, 0.5) is 0 Å². The summed E-state index contributed by atoms with van der Waals surface area (Å²) >= 11 is 7.42. The lowest BCUT2D eigenvalue weighted by Crippen LogP contribution is -2.48. The van der Waals surface area contributed by atoms with Crippen LogP contribution in [0.3, 0.4) is 0 Å². The number of nitrogens with one attached hydrogen (secondary N) is 1. The predicted molar refractivity (Wildman–Crippen MR) is 82.8 cm³/mol. The number of rotatable bonds is 5. The molecule has 1 N–H and O–H groups in total. The number of nitrogens with zero attached hydrogens (tertiary/aromatic N) is 1. The van der Waals surface area contributed by atoms with Gasteiger partial charge >= 0.3 is 0 Å². The van der Waals surface area contributed by atoms with E-state index in [1.165, 1.54) is 32.1 Å². The van der Waals surface area contributed by atoms with Gasteiger partial charge in [-0.05, 0) is 37.7 Å². The largest absolute Gasteiger partial charge is 0.360 e. The Hall–Kier alpha value is 0.0400. The second-order valence-corrected chi connectivity index (χ2v) is 6.21. The van der Waals surface area contributed by atoms with E-state index in [1.54, 1.807) is 0 Å². The Morgan fingerprint density at radius 2 is 2.06 bits per heavy atom. The van der Waals surface area contributed by atoms with E-state index in [0.29, 0.717) is 12.1 Å². The van der Waals surface area contributed by atoms with E-state index in [2.05, 4.69) is 30.4 Å². The lowest BCUT2D eigenvalue weighted by atomic mass is 9.96. The first-order chi connectivity index (χ1) is 8.19. The van der Waals surface area contributed by atoms with Crippen LogP contribution in [0.25, 0.3) is 0 Å². The zero-order valence-electron chi connectivity index (χ0n) is 11.4. The highest BCUT2D eigenvalue weighted by Gasteiger charge is 2.19. The second kappa shape index (κ2) is 8.20. The van der Waals surface area contributed by atoms with Crippen molar-refractivity contribution in [2.24, 2.45) is 0 Å². The third kappa shape index (κ3) is 5.04. The zero-order chi connectivity index (χ0) is 12.7. The van der Waals surface area contributed by atoms with Crippen molar-refractivity contribution in [3.8, 4) is 0 Å². The fourth-order valence-corrected chi connectivity index (χ4v) is 3.54. The molecular weight excluding hydrogens is 248 g/mol. The maximum absolute atomic E-state index is 5.52. The monoisotopic (exact) mass is 274 g/mol. The van der Waals surface area contributed by atoms with Crippen molar-refractivity contribution in [3.63, 3.8) is 0 Å². The van der Waals surface area contributed by atoms with Crippen molar-refractivity contribution >= 4 is 29.1 Å². The third-order valence-corrected chi connectivity index (χ3v) is 4.76. The normalized spacial score (nSPS) is 18.8. The minimum atomic E-state index is 0.564. The Balaban J connectivity index is 2.38. The van der Waals surface area contributed by atoms with Crippen LogP contribution in [0, 0.1) is 0 Å². The molecule has 1 aliphatic carbocycles. The van der Waals surface area contributed by atoms with Gasteiger partial charge < -0.3 is 10.2 Å². The first-order valence-electron chi connectivity index (χ1n) is 6.71. The quantitative estimate of drug-likeness (QED) is 0.774. The van der Waals surface area contributed by atoms with Gasteiger partial charge in [-0.3, -0.25) is 0 Å². The molecule has 0 spiro atoms. The minimum absolute atomic E-state index is 0.564. The van der Waals surface area contributed by atoms with Crippen LogP contribution in [0.2, 0.25) is 0 Å². The van der Waals surface area contributed by atoms with Gasteiger partial charge in [0, 0.05) is 24.9 Å². The van der Waals surface area contributed by atoms with E-state index in [1.807, 2.05) is 11.8 Å². The molecule has 1 atom stereocenters. The van der Waals surface area contributed by atoms with Gasteiger partial charge in [-0.2, -0.15) is 11.8 Å². The SMILES string of the molecule is CCC(CSC)N(C)C(=S)NC1CCCCC1. The summed E-state index contributed by atoms with van der Waals surface area (Å²) < 4.78 is 0. The molecule has 17 heavy (non-hydrogen) atoms.